The van der Waals surface area contributed by atoms with Gasteiger partial charge in [-0.2, -0.15) is 13.2 Å². The van der Waals surface area contributed by atoms with E-state index in [0.29, 0.717) is 5.75 Å². The highest BCUT2D eigenvalue weighted by atomic mass is 32.2. The Morgan fingerprint density at radius 2 is 1.24 bits per heavy atom. The van der Waals surface area contributed by atoms with Gasteiger partial charge in [0, 0.05) is 0 Å². The van der Waals surface area contributed by atoms with Crippen molar-refractivity contribution >= 4 is 27.0 Å². The first-order valence-electron chi connectivity index (χ1n) is 10.9. The number of halogens is 3. The number of carbonyl (C=O) groups is 1. The standard InChI is InChI=1S/C24H25O3S.C2H3F3O3S/c1-24(2,3)27-23(25)18-26-19-14-16-22(17-15-19)28(20-10-6-4-7-11-20)21-12-8-5-9-13-21;3-2(4,5)1-9(6,7)8/h4-17H,18H2,1-3H3;1H2,(H,6,7,8)/q+1;/p-1. The Labute approximate surface area is 217 Å². The fourth-order valence-electron chi connectivity index (χ4n) is 2.91. The van der Waals surface area contributed by atoms with Gasteiger partial charge in [-0.25, -0.2) is 13.2 Å². The Morgan fingerprint density at radius 3 is 1.59 bits per heavy atom. The lowest BCUT2D eigenvalue weighted by Crippen LogP contribution is -2.27. The molecule has 0 aromatic heterocycles. The van der Waals surface area contributed by atoms with Crippen LogP contribution < -0.4 is 4.74 Å². The average Bonchev–Trinajstić information content (AvgIpc) is 2.77. The molecule has 3 rings (SSSR count). The van der Waals surface area contributed by atoms with Crippen LogP contribution in [0.5, 0.6) is 5.75 Å². The van der Waals surface area contributed by atoms with Crippen molar-refractivity contribution in [2.24, 2.45) is 0 Å². The molecule has 0 N–H and O–H groups in total. The number of ether oxygens (including phenoxy) is 2. The van der Waals surface area contributed by atoms with Gasteiger partial charge < -0.3 is 14.0 Å². The van der Waals surface area contributed by atoms with Crippen molar-refractivity contribution in [3.05, 3.63) is 84.9 Å². The summed E-state index contributed by atoms with van der Waals surface area (Å²) in [5.41, 5.74) is -0.510. The van der Waals surface area contributed by atoms with E-state index in [4.69, 9.17) is 9.47 Å². The largest absolute Gasteiger partial charge is 0.748 e. The van der Waals surface area contributed by atoms with Crippen LogP contribution >= 0.6 is 0 Å². The minimum Gasteiger partial charge on any atom is -0.748 e. The van der Waals surface area contributed by atoms with Gasteiger partial charge >= 0.3 is 12.1 Å². The lowest BCUT2D eigenvalue weighted by Gasteiger charge is -2.19. The maximum atomic E-state index is 11.8. The van der Waals surface area contributed by atoms with Crippen LogP contribution in [0.4, 0.5) is 13.2 Å². The zero-order valence-corrected chi connectivity index (χ0v) is 22.0. The average molecular weight is 557 g/mol. The van der Waals surface area contributed by atoms with E-state index in [2.05, 4.69) is 60.7 Å². The molecule has 0 unspecified atom stereocenters. The summed E-state index contributed by atoms with van der Waals surface area (Å²) in [6, 6.07) is 28.9. The summed E-state index contributed by atoms with van der Waals surface area (Å²) in [7, 11) is -5.35. The molecule has 11 heteroatoms. The van der Waals surface area contributed by atoms with Crippen LogP contribution in [-0.4, -0.2) is 43.1 Å². The van der Waals surface area contributed by atoms with Crippen molar-refractivity contribution in [2.45, 2.75) is 47.2 Å². The quantitative estimate of drug-likeness (QED) is 0.214. The Morgan fingerprint density at radius 1 is 0.811 bits per heavy atom. The first kappa shape index (κ1) is 30.2. The van der Waals surface area contributed by atoms with Gasteiger partial charge in [0.15, 0.2) is 21.3 Å². The van der Waals surface area contributed by atoms with Gasteiger partial charge in [0.25, 0.3) is 0 Å². The number of hydrogen-bond acceptors (Lipinski definition) is 6. The molecule has 0 aliphatic carbocycles. The van der Waals surface area contributed by atoms with Gasteiger partial charge in [-0.3, -0.25) is 0 Å². The maximum Gasteiger partial charge on any atom is 0.401 e. The van der Waals surface area contributed by atoms with Crippen molar-refractivity contribution in [2.75, 3.05) is 12.4 Å². The molecule has 0 bridgehead atoms. The van der Waals surface area contributed by atoms with E-state index in [1.54, 1.807) is 0 Å². The third kappa shape index (κ3) is 12.2. The molecule has 0 heterocycles. The Hall–Kier alpha value is -3.02. The van der Waals surface area contributed by atoms with Crippen LogP contribution in [0.3, 0.4) is 0 Å². The molecule has 0 atom stereocenters. The topological polar surface area (TPSA) is 92.7 Å². The molecule has 0 aliphatic rings. The van der Waals surface area contributed by atoms with Gasteiger partial charge in [-0.05, 0) is 69.3 Å². The van der Waals surface area contributed by atoms with E-state index in [0.717, 1.165) is 0 Å². The first-order valence-corrected chi connectivity index (χ1v) is 13.7. The van der Waals surface area contributed by atoms with Crippen LogP contribution in [0, 0.1) is 0 Å². The first-order chi connectivity index (χ1) is 17.1. The fourth-order valence-corrected chi connectivity index (χ4v) is 5.39. The SMILES string of the molecule is CC(C)(C)OC(=O)COc1ccc([S+](c2ccccc2)c2ccccc2)cc1.O=S(=O)([O-])CC(F)(F)F. The van der Waals surface area contributed by atoms with Crippen molar-refractivity contribution < 1.29 is 40.4 Å². The van der Waals surface area contributed by atoms with Crippen LogP contribution in [0.25, 0.3) is 0 Å². The third-order valence-electron chi connectivity index (χ3n) is 4.13. The Balaban J connectivity index is 0.000000458. The molecule has 0 saturated heterocycles. The van der Waals surface area contributed by atoms with E-state index < -0.39 is 27.6 Å². The van der Waals surface area contributed by atoms with Gasteiger partial charge in [-0.15, -0.1) is 0 Å². The zero-order chi connectivity index (χ0) is 27.7. The van der Waals surface area contributed by atoms with Crippen LogP contribution in [0.2, 0.25) is 0 Å². The summed E-state index contributed by atoms with van der Waals surface area (Å²) in [6.45, 7) is 5.43. The zero-order valence-electron chi connectivity index (χ0n) is 20.4. The number of rotatable bonds is 7. The number of hydrogen-bond donors (Lipinski definition) is 0. The monoisotopic (exact) mass is 556 g/mol. The van der Waals surface area contributed by atoms with E-state index in [-0.39, 0.29) is 23.5 Å². The molecule has 0 saturated carbocycles. The highest BCUT2D eigenvalue weighted by Gasteiger charge is 2.30. The minimum atomic E-state index is -5.16. The summed E-state index contributed by atoms with van der Waals surface area (Å²) in [5.74, 6) is -2.01. The molecule has 0 fully saturated rings. The molecular weight excluding hydrogens is 529 g/mol. The molecule has 6 nitrogen and oxygen atoms in total. The molecule has 0 aliphatic heterocycles. The predicted octanol–water partition coefficient (Wildman–Crippen LogP) is 5.60. The molecule has 3 aromatic rings. The molecule has 3 aromatic carbocycles. The van der Waals surface area contributed by atoms with Crippen molar-refractivity contribution in [3.63, 3.8) is 0 Å². The highest BCUT2D eigenvalue weighted by molar-refractivity contribution is 7.97. The fraction of sp³-hybridized carbons (Fsp3) is 0.269. The van der Waals surface area contributed by atoms with Gasteiger partial charge in [0.05, 0.1) is 10.9 Å². The highest BCUT2D eigenvalue weighted by Crippen LogP contribution is 2.31. The lowest BCUT2D eigenvalue weighted by atomic mass is 10.2. The third-order valence-corrected chi connectivity index (χ3v) is 7.05. The summed E-state index contributed by atoms with van der Waals surface area (Å²) < 4.78 is 71.9. The molecule has 37 heavy (non-hydrogen) atoms. The summed E-state index contributed by atoms with van der Waals surface area (Å²) >= 11 is 0. The van der Waals surface area contributed by atoms with Crippen molar-refractivity contribution in [1.82, 2.24) is 0 Å². The smallest absolute Gasteiger partial charge is 0.401 e. The second-order valence-electron chi connectivity index (χ2n) is 8.60. The molecular formula is C26H27F3O6S2. The lowest BCUT2D eigenvalue weighted by molar-refractivity contribution is -0.157. The van der Waals surface area contributed by atoms with E-state index in [9.17, 15) is 30.9 Å². The molecule has 0 spiro atoms. The van der Waals surface area contributed by atoms with Gasteiger partial charge in [0.1, 0.15) is 27.2 Å². The normalized spacial score (nSPS) is 11.9. The van der Waals surface area contributed by atoms with E-state index in [1.807, 2.05) is 45.0 Å². The van der Waals surface area contributed by atoms with Crippen molar-refractivity contribution in [3.8, 4) is 5.75 Å². The van der Waals surface area contributed by atoms with E-state index in [1.165, 1.54) is 14.7 Å². The number of alkyl halides is 3. The maximum absolute atomic E-state index is 11.8. The van der Waals surface area contributed by atoms with Gasteiger partial charge in [-0.1, -0.05) is 36.4 Å². The summed E-state index contributed by atoms with van der Waals surface area (Å²) in [5, 5.41) is 0. The predicted molar refractivity (Wildman–Crippen MR) is 133 cm³/mol. The Kier molecular flexibility index (Phi) is 10.6. The number of benzene rings is 3. The second kappa shape index (κ2) is 13.0. The molecule has 200 valence electrons. The van der Waals surface area contributed by atoms with Gasteiger partial charge in [0.2, 0.25) is 0 Å². The molecule has 0 amide bonds. The molecule has 0 radical (unpaired) electrons. The van der Waals surface area contributed by atoms with Crippen molar-refractivity contribution in [1.29, 1.82) is 0 Å². The Bertz CT molecular complexity index is 1190. The second-order valence-corrected chi connectivity index (χ2v) is 12.0. The number of carbonyl (C=O) groups excluding carboxylic acids is 1. The number of esters is 1. The van der Waals surface area contributed by atoms with Crippen LogP contribution in [-0.2, 0) is 30.5 Å². The minimum absolute atomic E-state index is 0.0975. The van der Waals surface area contributed by atoms with Crippen LogP contribution in [0.15, 0.2) is 99.6 Å². The summed E-state index contributed by atoms with van der Waals surface area (Å²) in [6.07, 6.45) is -4.92. The van der Waals surface area contributed by atoms with Crippen LogP contribution in [0.1, 0.15) is 20.8 Å². The van der Waals surface area contributed by atoms with E-state index >= 15 is 0 Å². The summed E-state index contributed by atoms with van der Waals surface area (Å²) in [4.78, 5) is 15.5.